The first kappa shape index (κ1) is 19.6. The van der Waals surface area contributed by atoms with Crippen LogP contribution in [0.3, 0.4) is 0 Å². The molecule has 1 amide bonds. The first-order valence-electron chi connectivity index (χ1n) is 9.13. The van der Waals surface area contributed by atoms with Gasteiger partial charge >= 0.3 is 0 Å². The van der Waals surface area contributed by atoms with Crippen LogP contribution in [0.1, 0.15) is 41.0 Å². The number of rotatable bonds is 5. The first-order chi connectivity index (χ1) is 12.8. The molecule has 0 aliphatic carbocycles. The molecule has 0 N–H and O–H groups in total. The highest BCUT2D eigenvalue weighted by atomic mass is 32.2. The Morgan fingerprint density at radius 3 is 2.56 bits per heavy atom. The van der Waals surface area contributed by atoms with Gasteiger partial charge in [0.05, 0.1) is 11.4 Å². The second-order valence-electron chi connectivity index (χ2n) is 7.06. The minimum Gasteiger partial charge on any atom is -0.337 e. The molecular weight excluding hydrogens is 364 g/mol. The number of carbonyl (C=O) groups excluding carboxylic acids is 1. The summed E-state index contributed by atoms with van der Waals surface area (Å²) in [6.45, 7) is 3.20. The number of sulfonamides is 1. The quantitative estimate of drug-likeness (QED) is 0.784. The summed E-state index contributed by atoms with van der Waals surface area (Å²) in [7, 11) is -0.0239. The van der Waals surface area contributed by atoms with Crippen molar-refractivity contribution in [1.82, 2.24) is 18.8 Å². The van der Waals surface area contributed by atoms with Gasteiger partial charge in [-0.05, 0) is 37.5 Å². The van der Waals surface area contributed by atoms with Gasteiger partial charge in [-0.1, -0.05) is 12.5 Å². The van der Waals surface area contributed by atoms with Crippen LogP contribution in [-0.2, 0) is 23.6 Å². The summed E-state index contributed by atoms with van der Waals surface area (Å²) < 4.78 is 29.5. The van der Waals surface area contributed by atoms with Crippen molar-refractivity contribution in [3.63, 3.8) is 0 Å². The van der Waals surface area contributed by atoms with Crippen molar-refractivity contribution in [3.8, 4) is 0 Å². The van der Waals surface area contributed by atoms with E-state index in [0.29, 0.717) is 30.8 Å². The zero-order chi connectivity index (χ0) is 19.6. The van der Waals surface area contributed by atoms with Crippen LogP contribution in [0.2, 0.25) is 0 Å². The lowest BCUT2D eigenvalue weighted by atomic mass is 10.1. The molecule has 7 nitrogen and oxygen atoms in total. The Kier molecular flexibility index (Phi) is 5.67. The number of benzene rings is 1. The summed E-state index contributed by atoms with van der Waals surface area (Å²) in [6.07, 6.45) is 6.32. The van der Waals surface area contributed by atoms with E-state index in [-0.39, 0.29) is 10.8 Å². The number of carbonyl (C=O) groups is 1. The minimum absolute atomic E-state index is 0.223. The molecule has 0 atom stereocenters. The normalized spacial score (nSPS) is 15.7. The Labute approximate surface area is 160 Å². The van der Waals surface area contributed by atoms with Crippen LogP contribution in [-0.4, -0.2) is 53.2 Å². The molecule has 0 spiro atoms. The predicted octanol–water partition coefficient (Wildman–Crippen LogP) is 2.18. The molecule has 27 heavy (non-hydrogen) atoms. The maximum Gasteiger partial charge on any atom is 0.254 e. The third-order valence-electron chi connectivity index (χ3n) is 5.01. The molecule has 0 saturated carbocycles. The van der Waals surface area contributed by atoms with Crippen LogP contribution < -0.4 is 0 Å². The Bertz CT molecular complexity index is 930. The van der Waals surface area contributed by atoms with Crippen LogP contribution in [0.15, 0.2) is 35.5 Å². The number of hydrogen-bond acceptors (Lipinski definition) is 4. The van der Waals surface area contributed by atoms with Crippen LogP contribution in [0.25, 0.3) is 0 Å². The van der Waals surface area contributed by atoms with Gasteiger partial charge in [0.1, 0.15) is 5.82 Å². The summed E-state index contributed by atoms with van der Waals surface area (Å²) in [6, 6.07) is 4.90. The largest absolute Gasteiger partial charge is 0.337 e. The molecule has 0 bridgehead atoms. The smallest absolute Gasteiger partial charge is 0.254 e. The van der Waals surface area contributed by atoms with Crippen LogP contribution in [0, 0.1) is 6.92 Å². The van der Waals surface area contributed by atoms with Gasteiger partial charge in [0.15, 0.2) is 0 Å². The van der Waals surface area contributed by atoms with Gasteiger partial charge < -0.3 is 9.47 Å². The highest BCUT2D eigenvalue weighted by Crippen LogP contribution is 2.25. The van der Waals surface area contributed by atoms with Crippen molar-refractivity contribution in [1.29, 1.82) is 0 Å². The van der Waals surface area contributed by atoms with E-state index in [1.807, 2.05) is 17.8 Å². The third kappa shape index (κ3) is 4.06. The molecule has 0 unspecified atom stereocenters. The van der Waals surface area contributed by atoms with Crippen molar-refractivity contribution >= 4 is 15.9 Å². The van der Waals surface area contributed by atoms with Crippen LogP contribution in [0.4, 0.5) is 0 Å². The zero-order valence-electron chi connectivity index (χ0n) is 16.1. The van der Waals surface area contributed by atoms with E-state index < -0.39 is 10.0 Å². The van der Waals surface area contributed by atoms with Crippen molar-refractivity contribution in [2.24, 2.45) is 7.05 Å². The predicted molar refractivity (Wildman–Crippen MR) is 103 cm³/mol. The van der Waals surface area contributed by atoms with Crippen molar-refractivity contribution in [3.05, 3.63) is 47.5 Å². The molecule has 1 aliphatic rings. The van der Waals surface area contributed by atoms with E-state index in [2.05, 4.69) is 4.98 Å². The van der Waals surface area contributed by atoms with Gasteiger partial charge in [-0.3, -0.25) is 4.79 Å². The van der Waals surface area contributed by atoms with Crippen LogP contribution >= 0.6 is 0 Å². The standard InChI is InChI=1S/C19H26N4O3S/c1-15-7-8-16(19(24)22(3)14-18-20-9-12-21(18)2)13-17(15)27(25,26)23-10-5-4-6-11-23/h7-9,12-13H,4-6,10-11,14H2,1-3H3. The molecule has 1 fully saturated rings. The number of hydrogen-bond donors (Lipinski definition) is 0. The van der Waals surface area contributed by atoms with E-state index in [0.717, 1.165) is 25.1 Å². The van der Waals surface area contributed by atoms with Crippen molar-refractivity contribution in [2.75, 3.05) is 20.1 Å². The summed E-state index contributed by atoms with van der Waals surface area (Å²) in [5.74, 6) is 0.534. The molecule has 2 heterocycles. The highest BCUT2D eigenvalue weighted by Gasteiger charge is 2.28. The molecular formula is C19H26N4O3S. The summed E-state index contributed by atoms with van der Waals surface area (Å²) in [5.41, 5.74) is 1.02. The Morgan fingerprint density at radius 1 is 1.22 bits per heavy atom. The fraction of sp³-hybridized carbons (Fsp3) is 0.474. The van der Waals surface area contributed by atoms with E-state index in [4.69, 9.17) is 0 Å². The number of imidazole rings is 1. The maximum atomic E-state index is 13.0. The second-order valence-corrected chi connectivity index (χ2v) is 8.97. The van der Waals surface area contributed by atoms with Gasteiger partial charge in [0, 0.05) is 45.1 Å². The van der Waals surface area contributed by atoms with Crippen molar-refractivity contribution in [2.45, 2.75) is 37.6 Å². The lowest BCUT2D eigenvalue weighted by molar-refractivity contribution is 0.0780. The summed E-state index contributed by atoms with van der Waals surface area (Å²) in [5, 5.41) is 0. The fourth-order valence-corrected chi connectivity index (χ4v) is 5.08. The number of nitrogens with zero attached hydrogens (tertiary/aromatic N) is 4. The summed E-state index contributed by atoms with van der Waals surface area (Å²) in [4.78, 5) is 18.8. The number of aromatic nitrogens is 2. The lowest BCUT2D eigenvalue weighted by Gasteiger charge is -2.27. The molecule has 1 aromatic heterocycles. The fourth-order valence-electron chi connectivity index (χ4n) is 3.31. The van der Waals surface area contributed by atoms with Gasteiger partial charge in [-0.2, -0.15) is 4.31 Å². The number of amides is 1. The molecule has 3 rings (SSSR count). The van der Waals surface area contributed by atoms with Gasteiger partial charge in [0.2, 0.25) is 10.0 Å². The molecule has 146 valence electrons. The van der Waals surface area contributed by atoms with E-state index in [1.54, 1.807) is 37.2 Å². The molecule has 0 radical (unpaired) electrons. The van der Waals surface area contributed by atoms with Gasteiger partial charge in [-0.25, -0.2) is 13.4 Å². The number of piperidine rings is 1. The first-order valence-corrected chi connectivity index (χ1v) is 10.6. The monoisotopic (exact) mass is 390 g/mol. The van der Waals surface area contributed by atoms with E-state index in [9.17, 15) is 13.2 Å². The van der Waals surface area contributed by atoms with Gasteiger partial charge in [-0.15, -0.1) is 0 Å². The Morgan fingerprint density at radius 2 is 1.93 bits per heavy atom. The van der Waals surface area contributed by atoms with Gasteiger partial charge in [0.25, 0.3) is 5.91 Å². The number of aryl methyl sites for hydroxylation is 2. The van der Waals surface area contributed by atoms with E-state index >= 15 is 0 Å². The SMILES string of the molecule is Cc1ccc(C(=O)N(C)Cc2nccn2C)cc1S(=O)(=O)N1CCCCC1. The summed E-state index contributed by atoms with van der Waals surface area (Å²) >= 11 is 0. The molecule has 2 aromatic rings. The van der Waals surface area contributed by atoms with Crippen molar-refractivity contribution < 1.29 is 13.2 Å². The molecule has 1 aromatic carbocycles. The average Bonchev–Trinajstić information content (AvgIpc) is 3.06. The minimum atomic E-state index is -3.58. The molecule has 8 heteroatoms. The molecule has 1 saturated heterocycles. The maximum absolute atomic E-state index is 13.0. The topological polar surface area (TPSA) is 75.5 Å². The van der Waals surface area contributed by atoms with Crippen LogP contribution in [0.5, 0.6) is 0 Å². The Hall–Kier alpha value is -2.19. The third-order valence-corrected chi connectivity index (χ3v) is 7.05. The highest BCUT2D eigenvalue weighted by molar-refractivity contribution is 7.89. The lowest BCUT2D eigenvalue weighted by Crippen LogP contribution is -2.36. The Balaban J connectivity index is 1.86. The second kappa shape index (κ2) is 7.82. The average molecular weight is 391 g/mol. The van der Waals surface area contributed by atoms with E-state index in [1.165, 1.54) is 10.4 Å². The zero-order valence-corrected chi connectivity index (χ0v) is 16.9. The molecule has 1 aliphatic heterocycles.